The molecule has 0 saturated carbocycles. The Bertz CT molecular complexity index is 885. The van der Waals surface area contributed by atoms with Crippen LogP contribution in [0.1, 0.15) is 21.7 Å². The van der Waals surface area contributed by atoms with Crippen LogP contribution in [0.5, 0.6) is 5.75 Å². The largest absolute Gasteiger partial charge is 0.485 e. The van der Waals surface area contributed by atoms with Crippen LogP contribution in [-0.2, 0) is 6.61 Å². The van der Waals surface area contributed by atoms with Crippen molar-refractivity contribution >= 4 is 34.8 Å². The first-order valence-corrected chi connectivity index (χ1v) is 7.51. The van der Waals surface area contributed by atoms with Gasteiger partial charge in [0.2, 0.25) is 0 Å². The molecule has 5 nitrogen and oxygen atoms in total. The van der Waals surface area contributed by atoms with E-state index < -0.39 is 5.97 Å². The van der Waals surface area contributed by atoms with Crippen LogP contribution in [0.4, 0.5) is 0 Å². The molecule has 0 bridgehead atoms. The minimum absolute atomic E-state index is 0.112. The summed E-state index contributed by atoms with van der Waals surface area (Å²) in [6, 6.07) is 8.64. The minimum atomic E-state index is -1.04. The zero-order valence-electron chi connectivity index (χ0n) is 12.1. The molecule has 0 aliphatic heterocycles. The van der Waals surface area contributed by atoms with Crippen LogP contribution < -0.4 is 4.74 Å². The van der Waals surface area contributed by atoms with Crippen LogP contribution >= 0.6 is 23.2 Å². The third-order valence-electron chi connectivity index (χ3n) is 3.42. The first-order valence-electron chi connectivity index (χ1n) is 6.75. The number of halogens is 2. The van der Waals surface area contributed by atoms with E-state index in [9.17, 15) is 9.90 Å². The van der Waals surface area contributed by atoms with Gasteiger partial charge in [0.15, 0.2) is 17.1 Å². The molecule has 3 aromatic rings. The molecule has 2 aromatic heterocycles. The van der Waals surface area contributed by atoms with Crippen LogP contribution in [0.3, 0.4) is 0 Å². The Morgan fingerprint density at radius 1 is 1.26 bits per heavy atom. The van der Waals surface area contributed by atoms with Crippen LogP contribution in [0, 0.1) is 6.92 Å². The van der Waals surface area contributed by atoms with Crippen molar-refractivity contribution in [1.82, 2.24) is 9.38 Å². The van der Waals surface area contributed by atoms with Gasteiger partial charge in [0, 0.05) is 21.8 Å². The standard InChI is InChI=1S/C16H12Cl2N2O3/c1-9-14(16(21)22)20-7-3-6-13(15(20)19-9)23-8-10-11(17)4-2-5-12(10)18/h2-7H,8H2,1H3,(H,21,22). The number of benzene rings is 1. The average Bonchev–Trinajstić information content (AvgIpc) is 2.83. The fourth-order valence-electron chi connectivity index (χ4n) is 2.35. The maximum absolute atomic E-state index is 11.3. The number of hydrogen-bond donors (Lipinski definition) is 1. The number of aryl methyl sites for hydroxylation is 1. The van der Waals surface area contributed by atoms with Gasteiger partial charge in [0.1, 0.15) is 6.61 Å². The number of aromatic carboxylic acids is 1. The zero-order chi connectivity index (χ0) is 16.6. The molecule has 7 heteroatoms. The molecule has 1 aromatic carbocycles. The van der Waals surface area contributed by atoms with Gasteiger partial charge >= 0.3 is 5.97 Å². The number of carboxylic acids is 1. The maximum atomic E-state index is 11.3. The van der Waals surface area contributed by atoms with Crippen molar-refractivity contribution in [2.24, 2.45) is 0 Å². The van der Waals surface area contributed by atoms with Crippen LogP contribution in [0.15, 0.2) is 36.5 Å². The summed E-state index contributed by atoms with van der Waals surface area (Å²) in [6.07, 6.45) is 1.63. The molecule has 0 unspecified atom stereocenters. The second-order valence-electron chi connectivity index (χ2n) is 4.91. The number of rotatable bonds is 4. The van der Waals surface area contributed by atoms with Crippen LogP contribution in [-0.4, -0.2) is 20.5 Å². The van der Waals surface area contributed by atoms with Crippen molar-refractivity contribution in [1.29, 1.82) is 0 Å². The Morgan fingerprint density at radius 3 is 2.61 bits per heavy atom. The lowest BCUT2D eigenvalue weighted by molar-refractivity contribution is 0.0688. The summed E-state index contributed by atoms with van der Waals surface area (Å²) in [7, 11) is 0. The molecule has 2 heterocycles. The van der Waals surface area contributed by atoms with Gasteiger partial charge in [-0.05, 0) is 31.2 Å². The number of imidazole rings is 1. The molecule has 118 valence electrons. The number of carboxylic acid groups (broad SMARTS) is 1. The topological polar surface area (TPSA) is 63.8 Å². The summed E-state index contributed by atoms with van der Waals surface area (Å²) >= 11 is 12.2. The zero-order valence-corrected chi connectivity index (χ0v) is 13.6. The van der Waals surface area contributed by atoms with Crippen molar-refractivity contribution in [2.75, 3.05) is 0 Å². The lowest BCUT2D eigenvalue weighted by Gasteiger charge is -2.10. The summed E-state index contributed by atoms with van der Waals surface area (Å²) in [5.74, 6) is -0.583. The van der Waals surface area contributed by atoms with E-state index in [0.29, 0.717) is 32.7 Å². The highest BCUT2D eigenvalue weighted by molar-refractivity contribution is 6.35. The van der Waals surface area contributed by atoms with E-state index in [4.69, 9.17) is 27.9 Å². The van der Waals surface area contributed by atoms with E-state index >= 15 is 0 Å². The molecule has 0 aliphatic carbocycles. The van der Waals surface area contributed by atoms with E-state index in [-0.39, 0.29) is 12.3 Å². The number of aromatic nitrogens is 2. The van der Waals surface area contributed by atoms with Crippen molar-refractivity contribution in [3.63, 3.8) is 0 Å². The molecular weight excluding hydrogens is 339 g/mol. The monoisotopic (exact) mass is 350 g/mol. The molecule has 0 saturated heterocycles. The van der Waals surface area contributed by atoms with Gasteiger partial charge in [0.05, 0.1) is 5.69 Å². The predicted octanol–water partition coefficient (Wildman–Crippen LogP) is 4.23. The lowest BCUT2D eigenvalue weighted by atomic mass is 10.2. The molecule has 1 N–H and O–H groups in total. The van der Waals surface area contributed by atoms with Crippen molar-refractivity contribution in [3.05, 3.63) is 63.5 Å². The van der Waals surface area contributed by atoms with Gasteiger partial charge in [-0.1, -0.05) is 29.3 Å². The van der Waals surface area contributed by atoms with Gasteiger partial charge in [-0.2, -0.15) is 0 Å². The Kier molecular flexibility index (Phi) is 4.15. The quantitative estimate of drug-likeness (QED) is 0.764. The second kappa shape index (κ2) is 6.10. The highest BCUT2D eigenvalue weighted by Gasteiger charge is 2.18. The summed E-state index contributed by atoms with van der Waals surface area (Å²) in [5.41, 5.74) is 1.63. The molecule has 0 spiro atoms. The predicted molar refractivity (Wildman–Crippen MR) is 87.7 cm³/mol. The molecule has 23 heavy (non-hydrogen) atoms. The van der Waals surface area contributed by atoms with Crippen molar-refractivity contribution in [2.45, 2.75) is 13.5 Å². The first-order chi connectivity index (χ1) is 11.0. The van der Waals surface area contributed by atoms with Gasteiger partial charge < -0.3 is 9.84 Å². The lowest BCUT2D eigenvalue weighted by Crippen LogP contribution is -2.04. The van der Waals surface area contributed by atoms with E-state index in [1.54, 1.807) is 43.5 Å². The molecule has 0 radical (unpaired) electrons. The number of hydrogen-bond acceptors (Lipinski definition) is 3. The van der Waals surface area contributed by atoms with E-state index in [1.807, 2.05) is 0 Å². The Morgan fingerprint density at radius 2 is 1.96 bits per heavy atom. The summed E-state index contributed by atoms with van der Waals surface area (Å²) < 4.78 is 7.26. The van der Waals surface area contributed by atoms with Gasteiger partial charge in [-0.15, -0.1) is 0 Å². The first kappa shape index (κ1) is 15.6. The molecule has 0 aliphatic rings. The summed E-state index contributed by atoms with van der Waals surface area (Å²) in [5, 5.41) is 10.3. The average molecular weight is 351 g/mol. The normalized spacial score (nSPS) is 10.9. The fourth-order valence-corrected chi connectivity index (χ4v) is 2.85. The van der Waals surface area contributed by atoms with Crippen molar-refractivity contribution in [3.8, 4) is 5.75 Å². The Balaban J connectivity index is 1.98. The van der Waals surface area contributed by atoms with Crippen molar-refractivity contribution < 1.29 is 14.6 Å². The maximum Gasteiger partial charge on any atom is 0.354 e. The van der Waals surface area contributed by atoms with E-state index in [2.05, 4.69) is 4.98 Å². The smallest absolute Gasteiger partial charge is 0.354 e. The third-order valence-corrected chi connectivity index (χ3v) is 4.13. The SMILES string of the molecule is Cc1nc2c(OCc3c(Cl)cccc3Cl)cccn2c1C(=O)O. The number of pyridine rings is 1. The van der Waals surface area contributed by atoms with Gasteiger partial charge in [-0.25, -0.2) is 9.78 Å². The second-order valence-corrected chi connectivity index (χ2v) is 5.72. The third kappa shape index (κ3) is 2.85. The molecule has 0 fully saturated rings. The van der Waals surface area contributed by atoms with Gasteiger partial charge in [-0.3, -0.25) is 4.40 Å². The number of nitrogens with zero attached hydrogens (tertiary/aromatic N) is 2. The molecule has 3 rings (SSSR count). The van der Waals surface area contributed by atoms with Gasteiger partial charge in [0.25, 0.3) is 0 Å². The summed E-state index contributed by atoms with van der Waals surface area (Å²) in [6.45, 7) is 1.80. The minimum Gasteiger partial charge on any atom is -0.485 e. The highest BCUT2D eigenvalue weighted by Crippen LogP contribution is 2.28. The Labute approximate surface area is 142 Å². The molecular formula is C16H12Cl2N2O3. The molecule has 0 atom stereocenters. The highest BCUT2D eigenvalue weighted by atomic mass is 35.5. The van der Waals surface area contributed by atoms with Crippen LogP contribution in [0.2, 0.25) is 10.0 Å². The van der Waals surface area contributed by atoms with E-state index in [1.165, 1.54) is 4.40 Å². The number of fused-ring (bicyclic) bond motifs is 1. The molecule has 0 amide bonds. The van der Waals surface area contributed by atoms with Crippen LogP contribution in [0.25, 0.3) is 5.65 Å². The Hall–Kier alpha value is -2.24. The number of ether oxygens (including phenoxy) is 1. The summed E-state index contributed by atoms with van der Waals surface area (Å²) in [4.78, 5) is 15.6. The van der Waals surface area contributed by atoms with E-state index in [0.717, 1.165) is 0 Å². The fraction of sp³-hybridized carbons (Fsp3) is 0.125. The number of carbonyl (C=O) groups is 1.